The first-order valence-electron chi connectivity index (χ1n) is 14.1. The number of aromatic nitrogens is 4. The lowest BCUT2D eigenvalue weighted by atomic mass is 10.1. The van der Waals surface area contributed by atoms with E-state index in [9.17, 15) is 14.0 Å². The van der Waals surface area contributed by atoms with Gasteiger partial charge >= 0.3 is 6.09 Å². The average Bonchev–Trinajstić information content (AvgIpc) is 3.31. The number of anilines is 1. The third-order valence-corrected chi connectivity index (χ3v) is 7.07. The van der Waals surface area contributed by atoms with Crippen molar-refractivity contribution < 1.29 is 18.7 Å². The van der Waals surface area contributed by atoms with Crippen LogP contribution >= 0.6 is 0 Å². The van der Waals surface area contributed by atoms with Gasteiger partial charge in [0.1, 0.15) is 17.2 Å². The number of carbonyl (C=O) groups excluding carboxylic acids is 2. The van der Waals surface area contributed by atoms with Crippen molar-refractivity contribution in [1.29, 1.82) is 0 Å². The van der Waals surface area contributed by atoms with E-state index in [1.807, 2.05) is 46.9 Å². The first-order chi connectivity index (χ1) is 20.0. The van der Waals surface area contributed by atoms with E-state index >= 15 is 0 Å². The maximum absolute atomic E-state index is 13.4. The van der Waals surface area contributed by atoms with Crippen molar-refractivity contribution in [2.45, 2.75) is 46.3 Å². The number of piperazine rings is 1. The molecule has 2 aromatic carbocycles. The number of rotatable bonds is 6. The number of nitrogens with zero attached hydrogens (tertiary/aromatic N) is 6. The molecule has 5 rings (SSSR count). The van der Waals surface area contributed by atoms with Crippen molar-refractivity contribution in [3.05, 3.63) is 71.2 Å². The average molecular weight is 574 g/mol. The van der Waals surface area contributed by atoms with Crippen LogP contribution in [0.5, 0.6) is 0 Å². The van der Waals surface area contributed by atoms with Crippen LogP contribution < -0.4 is 5.32 Å². The van der Waals surface area contributed by atoms with Crippen LogP contribution in [-0.4, -0.2) is 73.3 Å². The predicted octanol–water partition coefficient (Wildman–Crippen LogP) is 5.04. The lowest BCUT2D eigenvalue weighted by molar-refractivity contribution is 0.0141. The van der Waals surface area contributed by atoms with Gasteiger partial charge in [0.2, 0.25) is 0 Å². The molecule has 0 radical (unpaired) electrons. The Balaban J connectivity index is 1.33. The number of nitrogens with one attached hydrogen (secondary N) is 1. The van der Waals surface area contributed by atoms with Gasteiger partial charge in [0, 0.05) is 50.9 Å². The smallest absolute Gasteiger partial charge is 0.410 e. The fourth-order valence-corrected chi connectivity index (χ4v) is 4.88. The molecule has 220 valence electrons. The lowest BCUT2D eigenvalue weighted by Gasteiger charge is -2.35. The summed E-state index contributed by atoms with van der Waals surface area (Å²) < 4.78 is 20.6. The van der Waals surface area contributed by atoms with Gasteiger partial charge in [0.15, 0.2) is 11.5 Å². The van der Waals surface area contributed by atoms with Crippen LogP contribution in [0.15, 0.2) is 48.5 Å². The predicted molar refractivity (Wildman–Crippen MR) is 159 cm³/mol. The van der Waals surface area contributed by atoms with Gasteiger partial charge in [-0.1, -0.05) is 31.2 Å². The topological polar surface area (TPSA) is 105 Å². The Bertz CT molecular complexity index is 1590. The Morgan fingerprint density at radius 1 is 0.952 bits per heavy atom. The number of ether oxygens (including phenoxy) is 1. The molecular formula is C31H36FN7O3. The number of halogens is 1. The molecule has 3 heterocycles. The second-order valence-electron chi connectivity index (χ2n) is 11.3. The Labute approximate surface area is 244 Å². The van der Waals surface area contributed by atoms with E-state index in [0.717, 1.165) is 22.2 Å². The minimum Gasteiger partial charge on any atom is -0.444 e. The lowest BCUT2D eigenvalue weighted by Crippen LogP contribution is -2.51. The number of hydrogen-bond acceptors (Lipinski definition) is 7. The van der Waals surface area contributed by atoms with Crippen LogP contribution in [0.2, 0.25) is 0 Å². The number of amides is 2. The van der Waals surface area contributed by atoms with Gasteiger partial charge in [-0.25, -0.2) is 23.8 Å². The second kappa shape index (κ2) is 11.8. The Hall–Kier alpha value is -4.54. The number of aryl methyl sites for hydroxylation is 2. The number of benzene rings is 2. The van der Waals surface area contributed by atoms with E-state index in [-0.39, 0.29) is 17.8 Å². The van der Waals surface area contributed by atoms with Crippen molar-refractivity contribution in [2.75, 3.05) is 31.5 Å². The zero-order valence-corrected chi connectivity index (χ0v) is 24.6. The van der Waals surface area contributed by atoms with Gasteiger partial charge in [-0.05, 0) is 57.0 Å². The van der Waals surface area contributed by atoms with Crippen molar-refractivity contribution in [3.63, 3.8) is 0 Å². The Morgan fingerprint density at radius 2 is 1.60 bits per heavy atom. The maximum atomic E-state index is 13.4. The zero-order valence-electron chi connectivity index (χ0n) is 24.6. The first kappa shape index (κ1) is 29.0. The van der Waals surface area contributed by atoms with Crippen molar-refractivity contribution in [2.24, 2.45) is 7.05 Å². The van der Waals surface area contributed by atoms with Crippen LogP contribution in [0.3, 0.4) is 0 Å². The molecule has 0 aliphatic carbocycles. The highest BCUT2D eigenvalue weighted by Crippen LogP contribution is 2.29. The molecule has 2 amide bonds. The summed E-state index contributed by atoms with van der Waals surface area (Å²) in [6.07, 6.45) is 0.357. The van der Waals surface area contributed by atoms with Crippen LogP contribution in [0.25, 0.3) is 22.4 Å². The minimum absolute atomic E-state index is 0.0948. The molecule has 1 fully saturated rings. The molecule has 0 bridgehead atoms. The van der Waals surface area contributed by atoms with Crippen LogP contribution in [0.1, 0.15) is 49.3 Å². The SMILES string of the molecule is CCc1nn(C)c2nc(-c3ccc(C(=O)N4CCN(C(=O)OC(C)(C)C)CC4)cc3)nc(NCc3ccc(F)cc3)c12. The molecule has 4 aromatic rings. The quantitative estimate of drug-likeness (QED) is 0.345. The van der Waals surface area contributed by atoms with Gasteiger partial charge in [0.25, 0.3) is 5.91 Å². The highest BCUT2D eigenvalue weighted by molar-refractivity contribution is 5.95. The molecule has 1 aliphatic rings. The largest absolute Gasteiger partial charge is 0.444 e. The van der Waals surface area contributed by atoms with E-state index in [1.54, 1.807) is 38.7 Å². The molecule has 1 N–H and O–H groups in total. The molecular weight excluding hydrogens is 537 g/mol. The van der Waals surface area contributed by atoms with E-state index in [2.05, 4.69) is 10.4 Å². The second-order valence-corrected chi connectivity index (χ2v) is 11.3. The third-order valence-electron chi connectivity index (χ3n) is 7.07. The molecule has 0 unspecified atom stereocenters. The molecule has 0 spiro atoms. The monoisotopic (exact) mass is 573 g/mol. The van der Waals surface area contributed by atoms with Gasteiger partial charge < -0.3 is 19.9 Å². The summed E-state index contributed by atoms with van der Waals surface area (Å²) in [5.41, 5.74) is 3.24. The van der Waals surface area contributed by atoms with Gasteiger partial charge in [-0.3, -0.25) is 4.79 Å². The number of hydrogen-bond donors (Lipinski definition) is 1. The highest BCUT2D eigenvalue weighted by atomic mass is 19.1. The Kier molecular flexibility index (Phi) is 8.11. The normalized spacial score (nSPS) is 13.9. The summed E-state index contributed by atoms with van der Waals surface area (Å²) in [6.45, 7) is 9.71. The fourth-order valence-electron chi connectivity index (χ4n) is 4.88. The Morgan fingerprint density at radius 3 is 2.21 bits per heavy atom. The van der Waals surface area contributed by atoms with Gasteiger partial charge in [-0.15, -0.1) is 0 Å². The number of carbonyl (C=O) groups is 2. The summed E-state index contributed by atoms with van der Waals surface area (Å²) in [6, 6.07) is 13.6. The molecule has 11 heteroatoms. The highest BCUT2D eigenvalue weighted by Gasteiger charge is 2.28. The summed E-state index contributed by atoms with van der Waals surface area (Å²) >= 11 is 0. The summed E-state index contributed by atoms with van der Waals surface area (Å²) in [5.74, 6) is 0.769. The first-order valence-corrected chi connectivity index (χ1v) is 14.1. The van der Waals surface area contributed by atoms with Crippen molar-refractivity contribution >= 4 is 28.9 Å². The summed E-state index contributed by atoms with van der Waals surface area (Å²) in [5, 5.41) is 8.88. The molecule has 0 atom stereocenters. The van der Waals surface area contributed by atoms with E-state index in [0.29, 0.717) is 62.0 Å². The molecule has 1 saturated heterocycles. The van der Waals surface area contributed by atoms with E-state index in [1.165, 1.54) is 12.1 Å². The van der Waals surface area contributed by atoms with Crippen LogP contribution in [0, 0.1) is 5.82 Å². The van der Waals surface area contributed by atoms with Crippen LogP contribution in [0.4, 0.5) is 15.0 Å². The fraction of sp³-hybridized carbons (Fsp3) is 0.387. The molecule has 2 aromatic heterocycles. The van der Waals surface area contributed by atoms with E-state index in [4.69, 9.17) is 14.7 Å². The molecule has 10 nitrogen and oxygen atoms in total. The van der Waals surface area contributed by atoms with Gasteiger partial charge in [0.05, 0.1) is 11.1 Å². The summed E-state index contributed by atoms with van der Waals surface area (Å²) in [4.78, 5) is 38.6. The molecule has 1 aliphatic heterocycles. The van der Waals surface area contributed by atoms with Crippen molar-refractivity contribution in [1.82, 2.24) is 29.5 Å². The third kappa shape index (κ3) is 6.35. The maximum Gasteiger partial charge on any atom is 0.410 e. The molecule has 42 heavy (non-hydrogen) atoms. The number of fused-ring (bicyclic) bond motifs is 1. The summed E-state index contributed by atoms with van der Waals surface area (Å²) in [7, 11) is 1.85. The van der Waals surface area contributed by atoms with Gasteiger partial charge in [-0.2, -0.15) is 5.10 Å². The van der Waals surface area contributed by atoms with Crippen LogP contribution in [-0.2, 0) is 24.8 Å². The zero-order chi connectivity index (χ0) is 30.0. The standard InChI is InChI=1S/C31H36FN7O3/c1-6-24-25-27(33-19-20-7-13-23(32)14-8-20)34-26(35-28(25)37(5)36-24)21-9-11-22(12-10-21)29(40)38-15-17-39(18-16-38)30(41)42-31(2,3)4/h7-14H,6,15-19H2,1-5H3,(H,33,34,35). The van der Waals surface area contributed by atoms with Crippen molar-refractivity contribution in [3.8, 4) is 11.4 Å². The molecule has 0 saturated carbocycles. The minimum atomic E-state index is -0.561. The van der Waals surface area contributed by atoms with E-state index < -0.39 is 5.60 Å².